The number of rotatable bonds is 4. The number of nitrogens with one attached hydrogen (secondary N) is 1. The van der Waals surface area contributed by atoms with Crippen LogP contribution in [0.2, 0.25) is 0 Å². The second-order valence-electron chi connectivity index (χ2n) is 4.35. The van der Waals surface area contributed by atoms with Crippen molar-refractivity contribution in [2.24, 2.45) is 0 Å². The minimum absolute atomic E-state index is 0.240. The molecule has 1 aliphatic rings. The minimum Gasteiger partial charge on any atom is -0.479 e. The topological polar surface area (TPSA) is 82.4 Å². The zero-order valence-electron chi connectivity index (χ0n) is 10.1. The predicted molar refractivity (Wildman–Crippen MR) is 65.1 cm³/mol. The SMILES string of the molecule is N#Cc1ccc(NCC2CCC(C(=O)O)O2)c(F)c1. The lowest BCUT2D eigenvalue weighted by Crippen LogP contribution is -2.24. The molecule has 1 aromatic carbocycles. The fraction of sp³-hybridized carbons (Fsp3) is 0.385. The van der Waals surface area contributed by atoms with Crippen molar-refractivity contribution in [2.75, 3.05) is 11.9 Å². The Bertz CT molecular complexity index is 527. The zero-order chi connectivity index (χ0) is 13.8. The molecular weight excluding hydrogens is 251 g/mol. The quantitative estimate of drug-likeness (QED) is 0.865. The predicted octanol–water partition coefficient (Wildman–Crippen LogP) is 1.74. The van der Waals surface area contributed by atoms with Gasteiger partial charge in [-0.25, -0.2) is 9.18 Å². The van der Waals surface area contributed by atoms with Gasteiger partial charge in [0.15, 0.2) is 6.10 Å². The van der Waals surface area contributed by atoms with Gasteiger partial charge in [0.25, 0.3) is 0 Å². The highest BCUT2D eigenvalue weighted by Crippen LogP contribution is 2.21. The Hall–Kier alpha value is -2.13. The van der Waals surface area contributed by atoms with E-state index in [9.17, 15) is 9.18 Å². The summed E-state index contributed by atoms with van der Waals surface area (Å²) in [6.07, 6.45) is 0.0908. The summed E-state index contributed by atoms with van der Waals surface area (Å²) in [4.78, 5) is 10.7. The molecule has 0 amide bonds. The van der Waals surface area contributed by atoms with E-state index in [0.29, 0.717) is 19.4 Å². The number of aliphatic carboxylic acids is 1. The van der Waals surface area contributed by atoms with Gasteiger partial charge < -0.3 is 15.2 Å². The third kappa shape index (κ3) is 3.20. The van der Waals surface area contributed by atoms with Crippen LogP contribution in [-0.2, 0) is 9.53 Å². The number of carbonyl (C=O) groups is 1. The van der Waals surface area contributed by atoms with Crippen molar-refractivity contribution in [3.63, 3.8) is 0 Å². The average Bonchev–Trinajstić information content (AvgIpc) is 2.86. The molecule has 19 heavy (non-hydrogen) atoms. The number of carboxylic acid groups (broad SMARTS) is 1. The van der Waals surface area contributed by atoms with Gasteiger partial charge in [-0.1, -0.05) is 0 Å². The molecule has 2 unspecified atom stereocenters. The molecule has 0 bridgehead atoms. The molecule has 0 spiro atoms. The molecule has 100 valence electrons. The van der Waals surface area contributed by atoms with E-state index in [4.69, 9.17) is 15.1 Å². The molecule has 0 aromatic heterocycles. The van der Waals surface area contributed by atoms with Crippen LogP contribution in [0, 0.1) is 17.1 Å². The van der Waals surface area contributed by atoms with Crippen LogP contribution in [0.15, 0.2) is 18.2 Å². The third-order valence-corrected chi connectivity index (χ3v) is 3.00. The van der Waals surface area contributed by atoms with Crippen molar-refractivity contribution < 1.29 is 19.0 Å². The van der Waals surface area contributed by atoms with Crippen LogP contribution in [0.5, 0.6) is 0 Å². The molecule has 6 heteroatoms. The van der Waals surface area contributed by atoms with E-state index in [2.05, 4.69) is 5.32 Å². The molecule has 2 N–H and O–H groups in total. The molecule has 1 fully saturated rings. The second kappa shape index (κ2) is 5.67. The normalized spacial score (nSPS) is 21.9. The summed E-state index contributed by atoms with van der Waals surface area (Å²) in [7, 11) is 0. The summed E-state index contributed by atoms with van der Waals surface area (Å²) >= 11 is 0. The summed E-state index contributed by atoms with van der Waals surface area (Å²) in [5, 5.41) is 20.3. The Balaban J connectivity index is 1.90. The van der Waals surface area contributed by atoms with Crippen molar-refractivity contribution in [1.82, 2.24) is 0 Å². The highest BCUT2D eigenvalue weighted by molar-refractivity contribution is 5.72. The number of ether oxygens (including phenoxy) is 1. The van der Waals surface area contributed by atoms with Gasteiger partial charge in [0.05, 0.1) is 23.4 Å². The van der Waals surface area contributed by atoms with Gasteiger partial charge in [-0.15, -0.1) is 0 Å². The minimum atomic E-state index is -0.966. The molecule has 0 saturated carbocycles. The zero-order valence-corrected chi connectivity index (χ0v) is 10.1. The molecule has 1 aromatic rings. The van der Waals surface area contributed by atoms with Gasteiger partial charge in [-0.05, 0) is 31.0 Å². The number of carboxylic acids is 1. The largest absolute Gasteiger partial charge is 0.479 e. The first-order chi connectivity index (χ1) is 9.10. The lowest BCUT2D eigenvalue weighted by molar-refractivity contribution is -0.149. The van der Waals surface area contributed by atoms with Gasteiger partial charge in [0.2, 0.25) is 0 Å². The first kappa shape index (κ1) is 13.3. The van der Waals surface area contributed by atoms with Crippen LogP contribution < -0.4 is 5.32 Å². The lowest BCUT2D eigenvalue weighted by Gasteiger charge is -2.13. The maximum atomic E-state index is 13.6. The summed E-state index contributed by atoms with van der Waals surface area (Å²) in [6.45, 7) is 0.340. The van der Waals surface area contributed by atoms with Crippen LogP contribution in [0.3, 0.4) is 0 Å². The standard InChI is InChI=1S/C13H13FN2O3/c14-10-5-8(6-15)1-3-11(10)16-7-9-2-4-12(19-9)13(17)18/h1,3,5,9,12,16H,2,4,7H2,(H,17,18). The fourth-order valence-electron chi connectivity index (χ4n) is 1.99. The number of nitriles is 1. The van der Waals surface area contributed by atoms with Crippen LogP contribution in [0.1, 0.15) is 18.4 Å². The molecule has 0 radical (unpaired) electrons. The molecule has 1 heterocycles. The smallest absolute Gasteiger partial charge is 0.332 e. The van der Waals surface area contributed by atoms with Gasteiger partial charge in [-0.3, -0.25) is 0 Å². The van der Waals surface area contributed by atoms with E-state index in [1.807, 2.05) is 6.07 Å². The maximum Gasteiger partial charge on any atom is 0.332 e. The van der Waals surface area contributed by atoms with Crippen molar-refractivity contribution in [2.45, 2.75) is 25.0 Å². The Kier molecular flexibility index (Phi) is 3.97. The van der Waals surface area contributed by atoms with Crippen LogP contribution >= 0.6 is 0 Å². The number of hydrogen-bond donors (Lipinski definition) is 2. The Morgan fingerprint density at radius 2 is 2.37 bits per heavy atom. The molecular formula is C13H13FN2O3. The third-order valence-electron chi connectivity index (χ3n) is 3.00. The molecule has 2 rings (SSSR count). The average molecular weight is 264 g/mol. The van der Waals surface area contributed by atoms with E-state index in [1.54, 1.807) is 0 Å². The summed E-state index contributed by atoms with van der Waals surface area (Å²) in [5.74, 6) is -1.47. The van der Waals surface area contributed by atoms with E-state index in [0.717, 1.165) is 6.07 Å². The van der Waals surface area contributed by atoms with Gasteiger partial charge >= 0.3 is 5.97 Å². The van der Waals surface area contributed by atoms with Gasteiger partial charge in [0.1, 0.15) is 5.82 Å². The number of benzene rings is 1. The number of hydrogen-bond acceptors (Lipinski definition) is 4. The van der Waals surface area contributed by atoms with Crippen molar-refractivity contribution in [3.8, 4) is 6.07 Å². The van der Waals surface area contributed by atoms with E-state index in [1.165, 1.54) is 12.1 Å². The summed E-state index contributed by atoms with van der Waals surface area (Å²) < 4.78 is 18.9. The molecule has 0 aliphatic carbocycles. The Labute approximate surface area is 109 Å². The highest BCUT2D eigenvalue weighted by atomic mass is 19.1. The number of anilines is 1. The van der Waals surface area contributed by atoms with Crippen molar-refractivity contribution >= 4 is 11.7 Å². The lowest BCUT2D eigenvalue weighted by atomic mass is 10.2. The van der Waals surface area contributed by atoms with E-state index in [-0.39, 0.29) is 17.4 Å². The van der Waals surface area contributed by atoms with Crippen LogP contribution in [0.25, 0.3) is 0 Å². The summed E-state index contributed by atoms with van der Waals surface area (Å²) in [6, 6.07) is 6.00. The second-order valence-corrected chi connectivity index (χ2v) is 4.35. The van der Waals surface area contributed by atoms with Crippen LogP contribution in [0.4, 0.5) is 10.1 Å². The maximum absolute atomic E-state index is 13.6. The van der Waals surface area contributed by atoms with Crippen LogP contribution in [-0.4, -0.2) is 29.8 Å². The number of nitrogens with zero attached hydrogens (tertiary/aromatic N) is 1. The van der Waals surface area contributed by atoms with E-state index >= 15 is 0 Å². The first-order valence-electron chi connectivity index (χ1n) is 5.92. The molecule has 2 atom stereocenters. The Morgan fingerprint density at radius 3 is 2.95 bits per heavy atom. The van der Waals surface area contributed by atoms with Gasteiger partial charge in [-0.2, -0.15) is 5.26 Å². The molecule has 1 aliphatic heterocycles. The van der Waals surface area contributed by atoms with Crippen molar-refractivity contribution in [1.29, 1.82) is 5.26 Å². The van der Waals surface area contributed by atoms with Gasteiger partial charge in [0, 0.05) is 6.54 Å². The molecule has 5 nitrogen and oxygen atoms in total. The first-order valence-corrected chi connectivity index (χ1v) is 5.92. The summed E-state index contributed by atoms with van der Waals surface area (Å²) in [5.41, 5.74) is 0.535. The van der Waals surface area contributed by atoms with E-state index < -0.39 is 17.9 Å². The van der Waals surface area contributed by atoms with Crippen molar-refractivity contribution in [3.05, 3.63) is 29.6 Å². The number of halogens is 1. The monoisotopic (exact) mass is 264 g/mol. The molecule has 1 saturated heterocycles. The fourth-order valence-corrected chi connectivity index (χ4v) is 1.99. The Morgan fingerprint density at radius 1 is 1.58 bits per heavy atom. The highest BCUT2D eigenvalue weighted by Gasteiger charge is 2.30.